The van der Waals surface area contributed by atoms with Crippen molar-refractivity contribution in [1.29, 1.82) is 0 Å². The van der Waals surface area contributed by atoms with E-state index in [9.17, 15) is 18.0 Å². The smallest absolute Gasteiger partial charge is 0.264 e. The second kappa shape index (κ2) is 13.5. The number of carbonyl (C=O) groups excluding carboxylic acids is 2. The summed E-state index contributed by atoms with van der Waals surface area (Å²) >= 11 is 6.46. The molecule has 0 saturated heterocycles. The van der Waals surface area contributed by atoms with Crippen molar-refractivity contribution in [3.05, 3.63) is 94.5 Å². The fraction of sp³-hybridized carbons (Fsp3) is 0.375. The summed E-state index contributed by atoms with van der Waals surface area (Å²) in [6, 6.07) is 19.9. The van der Waals surface area contributed by atoms with Gasteiger partial charge in [-0.3, -0.25) is 13.9 Å². The van der Waals surface area contributed by atoms with Crippen LogP contribution in [0.4, 0.5) is 5.69 Å². The highest BCUT2D eigenvalue weighted by Gasteiger charge is 2.34. The van der Waals surface area contributed by atoms with Crippen molar-refractivity contribution in [1.82, 2.24) is 10.2 Å². The lowest BCUT2D eigenvalue weighted by molar-refractivity contribution is -0.139. The number of nitrogens with zero attached hydrogens (tertiary/aromatic N) is 2. The minimum absolute atomic E-state index is 0.0594. The molecule has 0 radical (unpaired) electrons. The van der Waals surface area contributed by atoms with Gasteiger partial charge in [-0.25, -0.2) is 8.42 Å². The van der Waals surface area contributed by atoms with Crippen LogP contribution in [-0.4, -0.2) is 43.8 Å². The molecule has 3 aromatic carbocycles. The minimum Gasteiger partial charge on any atom is -0.352 e. The monoisotopic (exact) mass is 595 g/mol. The van der Waals surface area contributed by atoms with Gasteiger partial charge in [-0.15, -0.1) is 0 Å². The number of carbonyl (C=O) groups is 2. The summed E-state index contributed by atoms with van der Waals surface area (Å²) in [5, 5.41) is 3.58. The molecule has 9 heteroatoms. The zero-order valence-electron chi connectivity index (χ0n) is 23.8. The molecule has 4 rings (SSSR count). The second-order valence-electron chi connectivity index (χ2n) is 10.7. The summed E-state index contributed by atoms with van der Waals surface area (Å²) in [4.78, 5) is 29.1. The fourth-order valence-electron chi connectivity index (χ4n) is 5.28. The molecule has 0 heterocycles. The third-order valence-electron chi connectivity index (χ3n) is 7.65. The predicted octanol–water partition coefficient (Wildman–Crippen LogP) is 6.02. The Kier molecular flexibility index (Phi) is 10.1. The Labute approximate surface area is 248 Å². The molecule has 1 fully saturated rings. The molecule has 0 unspecified atom stereocenters. The number of sulfonamides is 1. The van der Waals surface area contributed by atoms with E-state index < -0.39 is 28.5 Å². The van der Waals surface area contributed by atoms with Gasteiger partial charge in [0.25, 0.3) is 10.0 Å². The van der Waals surface area contributed by atoms with E-state index in [2.05, 4.69) is 5.32 Å². The lowest BCUT2D eigenvalue weighted by atomic mass is 9.95. The highest BCUT2D eigenvalue weighted by molar-refractivity contribution is 7.92. The number of amides is 2. The Morgan fingerprint density at radius 3 is 2.27 bits per heavy atom. The predicted molar refractivity (Wildman–Crippen MR) is 163 cm³/mol. The van der Waals surface area contributed by atoms with Gasteiger partial charge < -0.3 is 10.2 Å². The third-order valence-corrected chi connectivity index (χ3v) is 9.79. The van der Waals surface area contributed by atoms with Crippen molar-refractivity contribution in [2.45, 2.75) is 76.4 Å². The molecule has 1 N–H and O–H groups in total. The zero-order chi connectivity index (χ0) is 29.6. The maximum Gasteiger partial charge on any atom is 0.264 e. The molecule has 0 aromatic heterocycles. The van der Waals surface area contributed by atoms with E-state index in [-0.39, 0.29) is 23.4 Å². The number of benzene rings is 3. The topological polar surface area (TPSA) is 86.8 Å². The molecule has 2 amide bonds. The number of rotatable bonds is 10. The first-order valence-electron chi connectivity index (χ1n) is 14.1. The molecule has 3 aromatic rings. The number of nitrogens with one attached hydrogen (secondary N) is 1. The maximum atomic E-state index is 14.1. The van der Waals surface area contributed by atoms with Gasteiger partial charge in [0.15, 0.2) is 0 Å². The van der Waals surface area contributed by atoms with Crippen LogP contribution in [0.5, 0.6) is 0 Å². The molecule has 1 aliphatic rings. The average molecular weight is 596 g/mol. The van der Waals surface area contributed by atoms with Crippen molar-refractivity contribution in [2.24, 2.45) is 0 Å². The molecule has 1 saturated carbocycles. The molecular formula is C32H38ClN3O4S. The van der Waals surface area contributed by atoms with Gasteiger partial charge in [0, 0.05) is 17.6 Å². The summed E-state index contributed by atoms with van der Waals surface area (Å²) in [7, 11) is -4.11. The zero-order valence-corrected chi connectivity index (χ0v) is 25.4. The first-order chi connectivity index (χ1) is 19.6. The number of halogens is 1. The lowest BCUT2D eigenvalue weighted by Gasteiger charge is -2.33. The fourth-order valence-corrected chi connectivity index (χ4v) is 6.97. The van der Waals surface area contributed by atoms with Crippen molar-refractivity contribution in [3.8, 4) is 0 Å². The summed E-state index contributed by atoms with van der Waals surface area (Å²) in [6.07, 6.45) is 5.09. The Hall–Kier alpha value is -3.36. The van der Waals surface area contributed by atoms with Crippen molar-refractivity contribution in [3.63, 3.8) is 0 Å². The molecule has 0 aliphatic heterocycles. The van der Waals surface area contributed by atoms with Gasteiger partial charge in [0.05, 0.1) is 10.6 Å². The van der Waals surface area contributed by atoms with E-state index in [1.165, 1.54) is 17.0 Å². The Morgan fingerprint density at radius 1 is 0.951 bits per heavy atom. The molecule has 0 bridgehead atoms. The van der Waals surface area contributed by atoms with E-state index in [1.54, 1.807) is 49.4 Å². The molecule has 7 nitrogen and oxygen atoms in total. The third kappa shape index (κ3) is 7.49. The van der Waals surface area contributed by atoms with Gasteiger partial charge in [0.1, 0.15) is 12.6 Å². The van der Waals surface area contributed by atoms with Crippen LogP contribution >= 0.6 is 11.6 Å². The average Bonchev–Trinajstić information content (AvgIpc) is 2.96. The summed E-state index contributed by atoms with van der Waals surface area (Å²) in [5.41, 5.74) is 2.77. The first-order valence-corrected chi connectivity index (χ1v) is 15.9. The number of hydrogen-bond donors (Lipinski definition) is 1. The van der Waals surface area contributed by atoms with Crippen LogP contribution in [0.25, 0.3) is 0 Å². The Morgan fingerprint density at radius 2 is 1.61 bits per heavy atom. The first kappa shape index (κ1) is 30.6. The number of anilines is 1. The molecule has 218 valence electrons. The highest BCUT2D eigenvalue weighted by Crippen LogP contribution is 2.29. The van der Waals surface area contributed by atoms with Crippen LogP contribution in [-0.2, 0) is 26.2 Å². The quantitative estimate of drug-likeness (QED) is 0.311. The minimum atomic E-state index is -4.11. The van der Waals surface area contributed by atoms with E-state index in [0.717, 1.165) is 47.5 Å². The van der Waals surface area contributed by atoms with Crippen molar-refractivity contribution < 1.29 is 18.0 Å². The van der Waals surface area contributed by atoms with Gasteiger partial charge >= 0.3 is 0 Å². The highest BCUT2D eigenvalue weighted by atomic mass is 35.5. The molecular weight excluding hydrogens is 558 g/mol. The van der Waals surface area contributed by atoms with E-state index in [4.69, 9.17) is 11.6 Å². The SMILES string of the molecule is Cc1ccc(N(CC(=O)N(Cc2ccccc2Cl)[C@@H](C)C(=O)NC2CCCCC2)S(=O)(=O)c2ccccc2)c(C)c1. The maximum absolute atomic E-state index is 14.1. The number of hydrogen-bond acceptors (Lipinski definition) is 4. The summed E-state index contributed by atoms with van der Waals surface area (Å²) in [5.74, 6) is -0.767. The molecule has 41 heavy (non-hydrogen) atoms. The second-order valence-corrected chi connectivity index (χ2v) is 13.0. The summed E-state index contributed by atoms with van der Waals surface area (Å²) in [6.45, 7) is 5.01. The van der Waals surface area contributed by atoms with Crippen molar-refractivity contribution >= 4 is 39.1 Å². The van der Waals surface area contributed by atoms with Crippen LogP contribution in [0, 0.1) is 13.8 Å². The van der Waals surface area contributed by atoms with E-state index in [0.29, 0.717) is 16.3 Å². The van der Waals surface area contributed by atoms with Crippen molar-refractivity contribution in [2.75, 3.05) is 10.8 Å². The van der Waals surface area contributed by atoms with Gasteiger partial charge in [0.2, 0.25) is 11.8 Å². The van der Waals surface area contributed by atoms with Gasteiger partial charge in [-0.1, -0.05) is 85.0 Å². The van der Waals surface area contributed by atoms with Gasteiger partial charge in [-0.05, 0) is 69.0 Å². The molecule has 1 aliphatic carbocycles. The van der Waals surface area contributed by atoms with Gasteiger partial charge in [-0.2, -0.15) is 0 Å². The van der Waals surface area contributed by atoms with Crippen LogP contribution in [0.3, 0.4) is 0 Å². The van der Waals surface area contributed by atoms with Crippen LogP contribution < -0.4 is 9.62 Å². The summed E-state index contributed by atoms with van der Waals surface area (Å²) < 4.78 is 29.1. The van der Waals surface area contributed by atoms with E-state index in [1.807, 2.05) is 32.0 Å². The Balaban J connectivity index is 1.70. The molecule has 0 spiro atoms. The largest absolute Gasteiger partial charge is 0.352 e. The lowest BCUT2D eigenvalue weighted by Crippen LogP contribution is -2.53. The van der Waals surface area contributed by atoms with E-state index >= 15 is 0 Å². The van der Waals surface area contributed by atoms with Crippen LogP contribution in [0.15, 0.2) is 77.7 Å². The standard InChI is InChI=1S/C32H38ClN3O4S/c1-23-18-19-30(24(2)20-23)36(41(39,40)28-15-8-5-9-16-28)22-31(37)35(21-26-12-10-11-17-29(26)33)25(3)32(38)34-27-13-6-4-7-14-27/h5,8-12,15-20,25,27H,4,6-7,13-14,21-22H2,1-3H3,(H,34,38)/t25-/m0/s1. The normalized spacial score (nSPS) is 14.7. The van der Waals surface area contributed by atoms with Crippen LogP contribution in [0.1, 0.15) is 55.7 Å². The Bertz CT molecular complexity index is 1470. The van der Waals surface area contributed by atoms with Crippen LogP contribution in [0.2, 0.25) is 5.02 Å². The number of aryl methyl sites for hydroxylation is 2. The molecule has 1 atom stereocenters.